The van der Waals surface area contributed by atoms with E-state index in [2.05, 4.69) is 51.9 Å². The molecular weight excluding hydrogens is 362 g/mol. The lowest BCUT2D eigenvalue weighted by Gasteiger charge is -2.45. The number of para-hydroxylation sites is 1. The highest BCUT2D eigenvalue weighted by molar-refractivity contribution is 5.89. The number of methoxy groups -OCH3 is 1. The Balaban J connectivity index is 1.49. The van der Waals surface area contributed by atoms with E-state index in [1.807, 2.05) is 0 Å². The maximum absolute atomic E-state index is 13.4. The predicted molar refractivity (Wildman–Crippen MR) is 117 cm³/mol. The lowest BCUT2D eigenvalue weighted by Crippen LogP contribution is -2.52. The van der Waals surface area contributed by atoms with E-state index < -0.39 is 0 Å². The fraction of sp³-hybridized carbons (Fsp3) is 0.625. The maximum Gasteiger partial charge on any atom is 0.227 e. The molecule has 2 aliphatic rings. The smallest absolute Gasteiger partial charge is 0.227 e. The van der Waals surface area contributed by atoms with Crippen LogP contribution in [0.15, 0.2) is 30.5 Å². The van der Waals surface area contributed by atoms with Crippen LogP contribution < -0.4 is 0 Å². The molecule has 3 heterocycles. The number of ether oxygens (including phenoxy) is 1. The van der Waals surface area contributed by atoms with Crippen molar-refractivity contribution in [2.75, 3.05) is 39.9 Å². The molecule has 1 aromatic carbocycles. The van der Waals surface area contributed by atoms with Crippen molar-refractivity contribution in [1.82, 2.24) is 14.4 Å². The van der Waals surface area contributed by atoms with Crippen LogP contribution in [-0.4, -0.2) is 66.2 Å². The molecule has 1 aromatic heterocycles. The normalized spacial score (nSPS) is 22.6. The Labute approximate surface area is 174 Å². The molecule has 5 heteroatoms. The Hall–Kier alpha value is -1.85. The third-order valence-electron chi connectivity index (χ3n) is 6.92. The minimum absolute atomic E-state index is 0.228. The fourth-order valence-electron chi connectivity index (χ4n) is 5.43. The molecule has 2 fully saturated rings. The SMILES string of the molecule is COCCN(CC1CCCN2CCCCC12)C(=O)Cc1cn(C)c2ccccc12. The van der Waals surface area contributed by atoms with E-state index in [0.717, 1.165) is 12.1 Å². The number of amides is 1. The summed E-state index contributed by atoms with van der Waals surface area (Å²) in [6.07, 6.45) is 9.03. The number of fused-ring (bicyclic) bond motifs is 2. The zero-order chi connectivity index (χ0) is 20.2. The molecule has 158 valence electrons. The molecule has 0 saturated carbocycles. The van der Waals surface area contributed by atoms with Gasteiger partial charge in [-0.15, -0.1) is 0 Å². The molecule has 0 spiro atoms. The van der Waals surface area contributed by atoms with Crippen LogP contribution in [-0.2, 0) is 23.0 Å². The molecule has 2 unspecified atom stereocenters. The van der Waals surface area contributed by atoms with Crippen LogP contribution in [0.5, 0.6) is 0 Å². The molecule has 1 amide bonds. The number of aryl methyl sites for hydroxylation is 1. The average molecular weight is 398 g/mol. The summed E-state index contributed by atoms with van der Waals surface area (Å²) in [7, 11) is 3.77. The molecule has 2 saturated heterocycles. The molecule has 0 aliphatic carbocycles. The van der Waals surface area contributed by atoms with E-state index in [0.29, 0.717) is 31.5 Å². The summed E-state index contributed by atoms with van der Waals surface area (Å²) >= 11 is 0. The molecule has 29 heavy (non-hydrogen) atoms. The first kappa shape index (κ1) is 20.4. The summed E-state index contributed by atoms with van der Waals surface area (Å²) < 4.78 is 7.46. The number of hydrogen-bond acceptors (Lipinski definition) is 3. The highest BCUT2D eigenvalue weighted by atomic mass is 16.5. The minimum atomic E-state index is 0.228. The van der Waals surface area contributed by atoms with Gasteiger partial charge in [-0.05, 0) is 56.3 Å². The van der Waals surface area contributed by atoms with Crippen molar-refractivity contribution in [3.8, 4) is 0 Å². The van der Waals surface area contributed by atoms with Gasteiger partial charge < -0.3 is 19.1 Å². The second-order valence-corrected chi connectivity index (χ2v) is 8.79. The zero-order valence-electron chi connectivity index (χ0n) is 18.0. The first-order valence-corrected chi connectivity index (χ1v) is 11.2. The Kier molecular flexibility index (Phi) is 6.56. The Morgan fingerprint density at radius 1 is 1.17 bits per heavy atom. The van der Waals surface area contributed by atoms with Crippen LogP contribution >= 0.6 is 0 Å². The van der Waals surface area contributed by atoms with Crippen LogP contribution in [0.3, 0.4) is 0 Å². The molecule has 0 N–H and O–H groups in total. The van der Waals surface area contributed by atoms with Gasteiger partial charge in [0.05, 0.1) is 13.0 Å². The molecule has 0 radical (unpaired) electrons. The zero-order valence-corrected chi connectivity index (χ0v) is 18.0. The van der Waals surface area contributed by atoms with E-state index in [-0.39, 0.29) is 5.91 Å². The van der Waals surface area contributed by atoms with Gasteiger partial charge in [-0.2, -0.15) is 0 Å². The second kappa shape index (κ2) is 9.31. The summed E-state index contributed by atoms with van der Waals surface area (Å²) in [6.45, 7) is 4.63. The number of hydrogen-bond donors (Lipinski definition) is 0. The van der Waals surface area contributed by atoms with Crippen LogP contribution in [0.4, 0.5) is 0 Å². The van der Waals surface area contributed by atoms with Gasteiger partial charge in [-0.3, -0.25) is 4.79 Å². The molecule has 4 rings (SSSR count). The number of aromatic nitrogens is 1. The number of rotatable bonds is 7. The van der Waals surface area contributed by atoms with E-state index >= 15 is 0 Å². The standard InChI is InChI=1S/C24H35N3O2/c1-25-17-20(21-9-3-4-11-23(21)25)16-24(28)27(14-15-29-2)18-19-8-7-13-26-12-6-5-10-22(19)26/h3-4,9,11,17,19,22H,5-8,10,12-16,18H2,1-2H3. The van der Waals surface area contributed by atoms with Crippen LogP contribution in [0.1, 0.15) is 37.7 Å². The maximum atomic E-state index is 13.4. The fourth-order valence-corrected chi connectivity index (χ4v) is 5.43. The van der Waals surface area contributed by atoms with Crippen molar-refractivity contribution in [3.05, 3.63) is 36.0 Å². The average Bonchev–Trinajstić information content (AvgIpc) is 3.06. The monoisotopic (exact) mass is 397 g/mol. The van der Waals surface area contributed by atoms with Gasteiger partial charge in [-0.25, -0.2) is 0 Å². The van der Waals surface area contributed by atoms with E-state index in [1.165, 1.54) is 56.1 Å². The van der Waals surface area contributed by atoms with Crippen molar-refractivity contribution in [2.45, 2.75) is 44.6 Å². The lowest BCUT2D eigenvalue weighted by molar-refractivity contribution is -0.132. The Bertz CT molecular complexity index is 829. The van der Waals surface area contributed by atoms with E-state index in [4.69, 9.17) is 4.74 Å². The number of piperidine rings is 2. The number of nitrogens with zero attached hydrogens (tertiary/aromatic N) is 3. The van der Waals surface area contributed by atoms with Crippen molar-refractivity contribution in [1.29, 1.82) is 0 Å². The first-order valence-electron chi connectivity index (χ1n) is 11.2. The first-order chi connectivity index (χ1) is 14.2. The highest BCUT2D eigenvalue weighted by Crippen LogP contribution is 2.31. The van der Waals surface area contributed by atoms with Crippen molar-refractivity contribution in [3.63, 3.8) is 0 Å². The third-order valence-corrected chi connectivity index (χ3v) is 6.92. The molecule has 0 bridgehead atoms. The summed E-state index contributed by atoms with van der Waals surface area (Å²) in [4.78, 5) is 18.1. The number of carbonyl (C=O) groups is 1. The molecule has 2 aliphatic heterocycles. The predicted octanol–water partition coefficient (Wildman–Crippen LogP) is 3.46. The topological polar surface area (TPSA) is 37.7 Å². The summed E-state index contributed by atoms with van der Waals surface area (Å²) in [6, 6.07) is 9.01. The van der Waals surface area contributed by atoms with Gasteiger partial charge in [0, 0.05) is 50.4 Å². The van der Waals surface area contributed by atoms with Gasteiger partial charge in [0.1, 0.15) is 0 Å². The summed E-state index contributed by atoms with van der Waals surface area (Å²) in [5.74, 6) is 0.823. The van der Waals surface area contributed by atoms with E-state index in [1.54, 1.807) is 7.11 Å². The molecule has 2 aromatic rings. The number of carbonyl (C=O) groups excluding carboxylic acids is 1. The van der Waals surface area contributed by atoms with Crippen molar-refractivity contribution < 1.29 is 9.53 Å². The van der Waals surface area contributed by atoms with Crippen molar-refractivity contribution >= 4 is 16.8 Å². The van der Waals surface area contributed by atoms with Crippen LogP contribution in [0.25, 0.3) is 10.9 Å². The van der Waals surface area contributed by atoms with Crippen molar-refractivity contribution in [2.24, 2.45) is 13.0 Å². The van der Waals surface area contributed by atoms with Crippen LogP contribution in [0, 0.1) is 5.92 Å². The van der Waals surface area contributed by atoms with E-state index in [9.17, 15) is 4.79 Å². The quantitative estimate of drug-likeness (QED) is 0.718. The minimum Gasteiger partial charge on any atom is -0.383 e. The largest absolute Gasteiger partial charge is 0.383 e. The van der Waals surface area contributed by atoms with Gasteiger partial charge in [-0.1, -0.05) is 24.6 Å². The lowest BCUT2D eigenvalue weighted by atomic mass is 9.83. The van der Waals surface area contributed by atoms with Crippen LogP contribution in [0.2, 0.25) is 0 Å². The molecule has 2 atom stereocenters. The summed E-state index contributed by atoms with van der Waals surface area (Å²) in [5.41, 5.74) is 2.31. The molecule has 5 nitrogen and oxygen atoms in total. The Morgan fingerprint density at radius 3 is 2.86 bits per heavy atom. The van der Waals surface area contributed by atoms with Gasteiger partial charge in [0.15, 0.2) is 0 Å². The number of benzene rings is 1. The highest BCUT2D eigenvalue weighted by Gasteiger charge is 2.34. The Morgan fingerprint density at radius 2 is 2.00 bits per heavy atom. The second-order valence-electron chi connectivity index (χ2n) is 8.79. The third kappa shape index (κ3) is 4.51. The van der Waals surface area contributed by atoms with Gasteiger partial charge >= 0.3 is 0 Å². The van der Waals surface area contributed by atoms with Gasteiger partial charge in [0.25, 0.3) is 0 Å². The summed E-state index contributed by atoms with van der Waals surface area (Å²) in [5, 5.41) is 1.19. The van der Waals surface area contributed by atoms with Gasteiger partial charge in [0.2, 0.25) is 5.91 Å². The molecular formula is C24H35N3O2.